The highest BCUT2D eigenvalue weighted by molar-refractivity contribution is 6.16. The van der Waals surface area contributed by atoms with Crippen LogP contribution in [0.15, 0.2) is 255 Å². The van der Waals surface area contributed by atoms with Crippen LogP contribution in [0.3, 0.4) is 0 Å². The average molecular weight is 791 g/mol. The van der Waals surface area contributed by atoms with E-state index in [1.165, 1.54) is 71.9 Å². The Labute approximate surface area is 362 Å². The van der Waals surface area contributed by atoms with Crippen LogP contribution in [-0.4, -0.2) is 4.57 Å². The van der Waals surface area contributed by atoms with Crippen LogP contribution in [-0.2, 0) is 0 Å². The van der Waals surface area contributed by atoms with Crippen molar-refractivity contribution in [2.75, 3.05) is 4.90 Å². The number of rotatable bonds is 9. The zero-order valence-corrected chi connectivity index (χ0v) is 34.1. The van der Waals surface area contributed by atoms with Crippen molar-refractivity contribution in [2.45, 2.75) is 0 Å². The van der Waals surface area contributed by atoms with Crippen LogP contribution >= 0.6 is 0 Å². The molecule has 11 rings (SSSR count). The fourth-order valence-electron chi connectivity index (χ4n) is 9.05. The topological polar surface area (TPSA) is 8.17 Å². The molecule has 0 bridgehead atoms. The summed E-state index contributed by atoms with van der Waals surface area (Å²) in [6.45, 7) is 0. The second kappa shape index (κ2) is 16.1. The van der Waals surface area contributed by atoms with Gasteiger partial charge < -0.3 is 9.47 Å². The Morgan fingerprint density at radius 3 is 1.27 bits per heavy atom. The number of fused-ring (bicyclic) bond motifs is 3. The SMILES string of the molecule is c1ccc(-c2ccc(-c3ccc(N(c4ccc(-c5ccccc5)cc4)c4cccc(-c5ccccc5-c5cccc6c5c5ccccc5n6-c5ccccc5)c4)cc3)cc2)cc1. The predicted molar refractivity (Wildman–Crippen MR) is 263 cm³/mol. The van der Waals surface area contributed by atoms with Crippen LogP contribution in [0.1, 0.15) is 0 Å². The van der Waals surface area contributed by atoms with Gasteiger partial charge in [0.25, 0.3) is 0 Å². The minimum Gasteiger partial charge on any atom is -0.310 e. The Hall–Kier alpha value is -8.20. The van der Waals surface area contributed by atoms with Gasteiger partial charge in [-0.1, -0.05) is 194 Å². The second-order valence-corrected chi connectivity index (χ2v) is 15.7. The molecule has 62 heavy (non-hydrogen) atoms. The third-order valence-corrected chi connectivity index (χ3v) is 12.0. The van der Waals surface area contributed by atoms with E-state index in [-0.39, 0.29) is 0 Å². The fraction of sp³-hybridized carbons (Fsp3) is 0. The molecule has 2 nitrogen and oxygen atoms in total. The molecule has 0 N–H and O–H groups in total. The van der Waals surface area contributed by atoms with Gasteiger partial charge in [-0.2, -0.15) is 0 Å². The molecule has 0 aliphatic rings. The summed E-state index contributed by atoms with van der Waals surface area (Å²) < 4.78 is 2.39. The van der Waals surface area contributed by atoms with E-state index in [9.17, 15) is 0 Å². The van der Waals surface area contributed by atoms with Gasteiger partial charge in [0, 0.05) is 33.5 Å². The minimum atomic E-state index is 1.09. The maximum atomic E-state index is 2.39. The third-order valence-electron chi connectivity index (χ3n) is 12.0. The Kier molecular flexibility index (Phi) is 9.57. The molecule has 10 aromatic carbocycles. The van der Waals surface area contributed by atoms with Gasteiger partial charge >= 0.3 is 0 Å². The number of nitrogens with zero attached hydrogens (tertiary/aromatic N) is 2. The summed E-state index contributed by atoms with van der Waals surface area (Å²) in [6.07, 6.45) is 0. The second-order valence-electron chi connectivity index (χ2n) is 15.7. The maximum Gasteiger partial charge on any atom is 0.0547 e. The lowest BCUT2D eigenvalue weighted by atomic mass is 9.91. The molecule has 0 amide bonds. The summed E-state index contributed by atoms with van der Waals surface area (Å²) in [5, 5.41) is 2.50. The van der Waals surface area contributed by atoms with Crippen molar-refractivity contribution < 1.29 is 0 Å². The number of anilines is 3. The first kappa shape index (κ1) is 36.8. The molecule has 0 saturated carbocycles. The highest BCUT2D eigenvalue weighted by atomic mass is 15.1. The molecule has 292 valence electrons. The number of hydrogen-bond donors (Lipinski definition) is 0. The van der Waals surface area contributed by atoms with Gasteiger partial charge in [-0.05, 0) is 116 Å². The highest BCUT2D eigenvalue weighted by Crippen LogP contribution is 2.44. The first-order chi connectivity index (χ1) is 30.8. The zero-order valence-electron chi connectivity index (χ0n) is 34.1. The van der Waals surface area contributed by atoms with E-state index < -0.39 is 0 Å². The lowest BCUT2D eigenvalue weighted by Gasteiger charge is -2.26. The summed E-state index contributed by atoms with van der Waals surface area (Å²) >= 11 is 0. The van der Waals surface area contributed by atoms with Crippen molar-refractivity contribution >= 4 is 38.9 Å². The summed E-state index contributed by atoms with van der Waals surface area (Å²) in [6, 6.07) is 92.0. The molecule has 0 atom stereocenters. The van der Waals surface area contributed by atoms with Crippen LogP contribution in [0.2, 0.25) is 0 Å². The number of benzene rings is 10. The molecule has 0 spiro atoms. The van der Waals surface area contributed by atoms with Gasteiger partial charge in [-0.3, -0.25) is 0 Å². The van der Waals surface area contributed by atoms with Gasteiger partial charge in [0.15, 0.2) is 0 Å². The normalized spacial score (nSPS) is 11.2. The fourth-order valence-corrected chi connectivity index (χ4v) is 9.05. The average Bonchev–Trinajstić information content (AvgIpc) is 3.70. The minimum absolute atomic E-state index is 1.09. The van der Waals surface area contributed by atoms with Crippen molar-refractivity contribution in [1.82, 2.24) is 4.57 Å². The monoisotopic (exact) mass is 790 g/mol. The Morgan fingerprint density at radius 2 is 0.677 bits per heavy atom. The molecular formula is C60H42N2. The molecule has 2 heteroatoms. The highest BCUT2D eigenvalue weighted by Gasteiger charge is 2.19. The van der Waals surface area contributed by atoms with Crippen molar-refractivity contribution in [2.24, 2.45) is 0 Å². The lowest BCUT2D eigenvalue weighted by molar-refractivity contribution is 1.18. The van der Waals surface area contributed by atoms with E-state index >= 15 is 0 Å². The van der Waals surface area contributed by atoms with E-state index in [0.717, 1.165) is 28.3 Å². The van der Waals surface area contributed by atoms with Gasteiger partial charge in [0.2, 0.25) is 0 Å². The first-order valence-corrected chi connectivity index (χ1v) is 21.3. The number of hydrogen-bond acceptors (Lipinski definition) is 1. The molecule has 1 aromatic heterocycles. The molecular weight excluding hydrogens is 749 g/mol. The van der Waals surface area contributed by atoms with Gasteiger partial charge in [-0.15, -0.1) is 0 Å². The van der Waals surface area contributed by atoms with E-state index in [0.29, 0.717) is 0 Å². The smallest absolute Gasteiger partial charge is 0.0547 e. The molecule has 0 aliphatic heterocycles. The summed E-state index contributed by atoms with van der Waals surface area (Å²) in [7, 11) is 0. The van der Waals surface area contributed by atoms with Crippen LogP contribution in [0, 0.1) is 0 Å². The first-order valence-electron chi connectivity index (χ1n) is 21.3. The van der Waals surface area contributed by atoms with Crippen molar-refractivity contribution in [3.8, 4) is 61.3 Å². The van der Waals surface area contributed by atoms with E-state index in [2.05, 4.69) is 264 Å². The van der Waals surface area contributed by atoms with Crippen LogP contribution in [0.25, 0.3) is 83.1 Å². The molecule has 1 heterocycles. The molecule has 0 saturated heterocycles. The molecule has 0 radical (unpaired) electrons. The van der Waals surface area contributed by atoms with Gasteiger partial charge in [0.05, 0.1) is 11.0 Å². The van der Waals surface area contributed by atoms with Gasteiger partial charge in [-0.25, -0.2) is 0 Å². The quantitative estimate of drug-likeness (QED) is 0.141. The maximum absolute atomic E-state index is 2.39. The summed E-state index contributed by atoms with van der Waals surface area (Å²) in [5.41, 5.74) is 18.8. The third kappa shape index (κ3) is 6.84. The summed E-state index contributed by atoms with van der Waals surface area (Å²) in [4.78, 5) is 2.37. The molecule has 0 fully saturated rings. The van der Waals surface area contributed by atoms with E-state index in [4.69, 9.17) is 0 Å². The van der Waals surface area contributed by atoms with Crippen molar-refractivity contribution in [3.63, 3.8) is 0 Å². The largest absolute Gasteiger partial charge is 0.310 e. The molecule has 0 aliphatic carbocycles. The predicted octanol–water partition coefficient (Wildman–Crippen LogP) is 16.6. The van der Waals surface area contributed by atoms with Crippen LogP contribution in [0.4, 0.5) is 17.1 Å². The van der Waals surface area contributed by atoms with Crippen LogP contribution in [0.5, 0.6) is 0 Å². The zero-order chi connectivity index (χ0) is 41.2. The standard InChI is InChI=1S/C60H42N2/c1-4-16-43(17-5-1)45-30-32-46(33-31-45)48-36-40-52(41-37-48)61(51-38-34-47(35-39-51)44-18-6-2-7-19-44)53-23-14-20-49(42-53)54-24-10-11-25-55(54)56-27-15-29-59-60(56)57-26-12-13-28-58(57)62(59)50-21-8-3-9-22-50/h1-42H. The number of aromatic nitrogens is 1. The molecule has 11 aromatic rings. The number of para-hydroxylation sites is 2. The Morgan fingerprint density at radius 1 is 0.258 bits per heavy atom. The Bertz CT molecular complexity index is 3290. The van der Waals surface area contributed by atoms with E-state index in [1.807, 2.05) is 0 Å². The van der Waals surface area contributed by atoms with Crippen molar-refractivity contribution in [1.29, 1.82) is 0 Å². The van der Waals surface area contributed by atoms with Gasteiger partial charge in [0.1, 0.15) is 0 Å². The van der Waals surface area contributed by atoms with Crippen molar-refractivity contribution in [3.05, 3.63) is 255 Å². The van der Waals surface area contributed by atoms with Crippen LogP contribution < -0.4 is 4.90 Å². The Balaban J connectivity index is 1.01. The molecule has 0 unspecified atom stereocenters. The summed E-state index contributed by atoms with van der Waals surface area (Å²) in [5.74, 6) is 0. The van der Waals surface area contributed by atoms with E-state index in [1.54, 1.807) is 0 Å². The lowest BCUT2D eigenvalue weighted by Crippen LogP contribution is -2.10.